The molecule has 1 nitrogen and oxygen atoms in total. The van der Waals surface area contributed by atoms with Crippen molar-refractivity contribution in [2.45, 2.75) is 9.79 Å². The SMILES string of the molecule is O=Cc1cccc(Cl)c1Sc1cc(Cl)ccc1Cl. The molecule has 0 saturated carbocycles. The highest BCUT2D eigenvalue weighted by Crippen LogP contribution is 2.39. The van der Waals surface area contributed by atoms with Crippen molar-refractivity contribution >= 4 is 52.9 Å². The molecule has 5 heteroatoms. The van der Waals surface area contributed by atoms with Crippen LogP contribution in [0.2, 0.25) is 15.1 Å². The predicted molar refractivity (Wildman–Crippen MR) is 77.4 cm³/mol. The lowest BCUT2D eigenvalue weighted by Crippen LogP contribution is -1.86. The fourth-order valence-electron chi connectivity index (χ4n) is 1.39. The summed E-state index contributed by atoms with van der Waals surface area (Å²) in [5.74, 6) is 0. The minimum atomic E-state index is 0.514. The van der Waals surface area contributed by atoms with Crippen LogP contribution in [0.5, 0.6) is 0 Å². The van der Waals surface area contributed by atoms with Gasteiger partial charge in [0, 0.05) is 20.4 Å². The maximum absolute atomic E-state index is 11.0. The Balaban J connectivity index is 2.45. The third kappa shape index (κ3) is 3.01. The Kier molecular flexibility index (Phi) is 4.57. The Labute approximate surface area is 124 Å². The molecule has 0 bridgehead atoms. The molecule has 92 valence electrons. The van der Waals surface area contributed by atoms with Crippen molar-refractivity contribution in [2.75, 3.05) is 0 Å². The topological polar surface area (TPSA) is 17.1 Å². The first kappa shape index (κ1) is 13.8. The van der Waals surface area contributed by atoms with Crippen molar-refractivity contribution < 1.29 is 4.79 Å². The molecule has 0 aliphatic carbocycles. The van der Waals surface area contributed by atoms with Gasteiger partial charge in [-0.15, -0.1) is 0 Å². The van der Waals surface area contributed by atoms with Gasteiger partial charge < -0.3 is 0 Å². The maximum Gasteiger partial charge on any atom is 0.151 e. The van der Waals surface area contributed by atoms with E-state index in [0.29, 0.717) is 25.5 Å². The number of hydrogen-bond acceptors (Lipinski definition) is 2. The van der Waals surface area contributed by atoms with Gasteiger partial charge in [0.05, 0.1) is 10.0 Å². The number of hydrogen-bond donors (Lipinski definition) is 0. The van der Waals surface area contributed by atoms with Crippen LogP contribution < -0.4 is 0 Å². The summed E-state index contributed by atoms with van der Waals surface area (Å²) < 4.78 is 0. The summed E-state index contributed by atoms with van der Waals surface area (Å²) in [7, 11) is 0. The molecular weight excluding hydrogens is 311 g/mol. The van der Waals surface area contributed by atoms with Crippen LogP contribution in [-0.2, 0) is 0 Å². The molecule has 0 unspecified atom stereocenters. The molecule has 0 aliphatic rings. The largest absolute Gasteiger partial charge is 0.298 e. The van der Waals surface area contributed by atoms with E-state index in [9.17, 15) is 4.79 Å². The van der Waals surface area contributed by atoms with Gasteiger partial charge in [-0.25, -0.2) is 0 Å². The molecule has 2 rings (SSSR count). The first-order chi connectivity index (χ1) is 8.61. The highest BCUT2D eigenvalue weighted by Gasteiger charge is 2.11. The van der Waals surface area contributed by atoms with E-state index < -0.39 is 0 Å². The molecule has 2 aromatic rings. The fourth-order valence-corrected chi connectivity index (χ4v) is 3.13. The lowest BCUT2D eigenvalue weighted by atomic mass is 10.2. The lowest BCUT2D eigenvalue weighted by molar-refractivity contribution is 0.112. The van der Waals surface area contributed by atoms with Gasteiger partial charge in [0.25, 0.3) is 0 Å². The summed E-state index contributed by atoms with van der Waals surface area (Å²) in [5, 5.41) is 1.67. The molecule has 0 aliphatic heterocycles. The standard InChI is InChI=1S/C13H7Cl3OS/c14-9-4-5-10(15)12(6-9)18-13-8(7-17)2-1-3-11(13)16/h1-7H. The van der Waals surface area contributed by atoms with Crippen molar-refractivity contribution in [2.24, 2.45) is 0 Å². The molecule has 0 spiro atoms. The summed E-state index contributed by atoms with van der Waals surface area (Å²) in [6, 6.07) is 10.3. The molecule has 18 heavy (non-hydrogen) atoms. The third-order valence-corrected chi connectivity index (χ3v) is 4.55. The Morgan fingerprint density at radius 1 is 1.00 bits per heavy atom. The Bertz CT molecular complexity index is 599. The normalized spacial score (nSPS) is 10.4. The third-order valence-electron chi connectivity index (χ3n) is 2.23. The molecule has 0 radical (unpaired) electrons. The van der Waals surface area contributed by atoms with Gasteiger partial charge in [0.15, 0.2) is 6.29 Å². The first-order valence-corrected chi connectivity index (χ1v) is 6.93. The summed E-state index contributed by atoms with van der Waals surface area (Å²) in [6.07, 6.45) is 0.771. The first-order valence-electron chi connectivity index (χ1n) is 4.98. The van der Waals surface area contributed by atoms with Crippen molar-refractivity contribution in [1.29, 1.82) is 0 Å². The number of benzene rings is 2. The van der Waals surface area contributed by atoms with Crippen LogP contribution in [0.3, 0.4) is 0 Å². The van der Waals surface area contributed by atoms with Gasteiger partial charge in [0.2, 0.25) is 0 Å². The van der Waals surface area contributed by atoms with Crippen molar-refractivity contribution in [3.63, 3.8) is 0 Å². The van der Waals surface area contributed by atoms with Gasteiger partial charge >= 0.3 is 0 Å². The molecule has 0 aromatic heterocycles. The van der Waals surface area contributed by atoms with Gasteiger partial charge in [-0.1, -0.05) is 58.7 Å². The summed E-state index contributed by atoms with van der Waals surface area (Å²) >= 11 is 19.4. The van der Waals surface area contributed by atoms with E-state index in [1.54, 1.807) is 36.4 Å². The Hall–Kier alpha value is -0.670. The average molecular weight is 318 g/mol. The van der Waals surface area contributed by atoms with Gasteiger partial charge in [-0.05, 0) is 24.3 Å². The van der Waals surface area contributed by atoms with E-state index >= 15 is 0 Å². The average Bonchev–Trinajstić information content (AvgIpc) is 2.36. The summed E-state index contributed by atoms with van der Waals surface area (Å²) in [6.45, 7) is 0. The Morgan fingerprint density at radius 3 is 2.50 bits per heavy atom. The number of carbonyl (C=O) groups excluding carboxylic acids is 1. The zero-order chi connectivity index (χ0) is 13.1. The Morgan fingerprint density at radius 2 is 1.78 bits per heavy atom. The molecule has 0 atom stereocenters. The molecule has 0 amide bonds. The number of halogens is 3. The lowest BCUT2D eigenvalue weighted by Gasteiger charge is -2.08. The van der Waals surface area contributed by atoms with Crippen LogP contribution in [0, 0.1) is 0 Å². The van der Waals surface area contributed by atoms with Crippen molar-refractivity contribution in [1.82, 2.24) is 0 Å². The highest BCUT2D eigenvalue weighted by atomic mass is 35.5. The highest BCUT2D eigenvalue weighted by molar-refractivity contribution is 7.99. The number of aldehydes is 1. The van der Waals surface area contributed by atoms with Crippen LogP contribution in [0.25, 0.3) is 0 Å². The van der Waals surface area contributed by atoms with E-state index in [4.69, 9.17) is 34.8 Å². The van der Waals surface area contributed by atoms with Crippen LogP contribution in [-0.4, -0.2) is 6.29 Å². The molecule has 0 saturated heterocycles. The van der Waals surface area contributed by atoms with E-state index in [-0.39, 0.29) is 0 Å². The number of carbonyl (C=O) groups is 1. The van der Waals surface area contributed by atoms with Crippen molar-refractivity contribution in [3.05, 3.63) is 57.0 Å². The monoisotopic (exact) mass is 316 g/mol. The molecular formula is C13H7Cl3OS. The maximum atomic E-state index is 11.0. The van der Waals surface area contributed by atoms with Crippen LogP contribution >= 0.6 is 46.6 Å². The molecule has 2 aromatic carbocycles. The second kappa shape index (κ2) is 5.98. The smallest absolute Gasteiger partial charge is 0.151 e. The molecule has 0 fully saturated rings. The minimum Gasteiger partial charge on any atom is -0.298 e. The quantitative estimate of drug-likeness (QED) is 0.684. The van der Waals surface area contributed by atoms with Gasteiger partial charge in [-0.2, -0.15) is 0 Å². The van der Waals surface area contributed by atoms with Crippen LogP contribution in [0.1, 0.15) is 10.4 Å². The second-order valence-electron chi connectivity index (χ2n) is 3.45. The predicted octanol–water partition coefficient (Wildman–Crippen LogP) is 5.61. The van der Waals surface area contributed by atoms with Gasteiger partial charge in [0.1, 0.15) is 0 Å². The van der Waals surface area contributed by atoms with E-state index in [1.807, 2.05) is 0 Å². The second-order valence-corrected chi connectivity index (χ2v) is 5.76. The van der Waals surface area contributed by atoms with E-state index in [2.05, 4.69) is 0 Å². The van der Waals surface area contributed by atoms with Crippen LogP contribution in [0.15, 0.2) is 46.2 Å². The van der Waals surface area contributed by atoms with Crippen molar-refractivity contribution in [3.8, 4) is 0 Å². The van der Waals surface area contributed by atoms with Gasteiger partial charge in [-0.3, -0.25) is 4.79 Å². The van der Waals surface area contributed by atoms with E-state index in [1.165, 1.54) is 11.8 Å². The summed E-state index contributed by atoms with van der Waals surface area (Å²) in [4.78, 5) is 12.4. The minimum absolute atomic E-state index is 0.514. The van der Waals surface area contributed by atoms with Crippen LogP contribution in [0.4, 0.5) is 0 Å². The molecule has 0 N–H and O–H groups in total. The zero-order valence-corrected chi connectivity index (χ0v) is 12.1. The zero-order valence-electron chi connectivity index (χ0n) is 8.99. The summed E-state index contributed by atoms with van der Waals surface area (Å²) in [5.41, 5.74) is 0.531. The number of rotatable bonds is 3. The molecule has 0 heterocycles. The fraction of sp³-hybridized carbons (Fsp3) is 0. The van der Waals surface area contributed by atoms with E-state index in [0.717, 1.165) is 11.2 Å².